The fourth-order valence-corrected chi connectivity index (χ4v) is 2.91. The van der Waals surface area contributed by atoms with Gasteiger partial charge in [0, 0.05) is 28.8 Å². The van der Waals surface area contributed by atoms with Crippen molar-refractivity contribution in [3.8, 4) is 5.75 Å². The molecule has 1 N–H and O–H groups in total. The summed E-state index contributed by atoms with van der Waals surface area (Å²) in [6.45, 7) is 2.21. The summed E-state index contributed by atoms with van der Waals surface area (Å²) in [7, 11) is 3.67. The maximum atomic E-state index is 5.33. The van der Waals surface area contributed by atoms with E-state index in [9.17, 15) is 0 Å². The number of pyridine rings is 1. The molecule has 0 saturated heterocycles. The van der Waals surface area contributed by atoms with Crippen molar-refractivity contribution in [1.82, 2.24) is 10.3 Å². The molecule has 106 valence electrons. The van der Waals surface area contributed by atoms with Crippen molar-refractivity contribution in [3.05, 3.63) is 58.3 Å². The number of hydrogen-bond acceptors (Lipinski definition) is 3. The molecule has 0 saturated carbocycles. The minimum Gasteiger partial charge on any atom is -0.497 e. The second-order valence-corrected chi connectivity index (χ2v) is 5.58. The number of benzene rings is 1. The number of hydrogen-bond donors (Lipinski definition) is 1. The maximum absolute atomic E-state index is 5.33. The van der Waals surface area contributed by atoms with Gasteiger partial charge in [-0.2, -0.15) is 0 Å². The summed E-state index contributed by atoms with van der Waals surface area (Å²) in [6.07, 6.45) is 3.67. The van der Waals surface area contributed by atoms with Crippen molar-refractivity contribution in [2.45, 2.75) is 18.9 Å². The van der Waals surface area contributed by atoms with Gasteiger partial charge < -0.3 is 10.1 Å². The Morgan fingerprint density at radius 1 is 1.20 bits per heavy atom. The molecule has 4 heteroatoms. The molecular weight excluding hydrogens is 316 g/mol. The Hall–Kier alpha value is -1.39. The Labute approximate surface area is 128 Å². The first-order valence-corrected chi connectivity index (χ1v) is 7.37. The van der Waals surface area contributed by atoms with Gasteiger partial charge in [-0.25, -0.2) is 0 Å². The van der Waals surface area contributed by atoms with Crippen molar-refractivity contribution in [2.24, 2.45) is 0 Å². The lowest BCUT2D eigenvalue weighted by Crippen LogP contribution is -2.22. The molecule has 1 aromatic heterocycles. The molecule has 0 aliphatic rings. The largest absolute Gasteiger partial charge is 0.497 e. The van der Waals surface area contributed by atoms with Crippen LogP contribution in [0.5, 0.6) is 5.75 Å². The number of ether oxygens (including phenoxy) is 1. The van der Waals surface area contributed by atoms with Crippen LogP contribution in [0.4, 0.5) is 0 Å². The highest BCUT2D eigenvalue weighted by atomic mass is 79.9. The van der Waals surface area contributed by atoms with Gasteiger partial charge in [0.05, 0.1) is 7.11 Å². The summed E-state index contributed by atoms with van der Waals surface area (Å²) in [5.41, 5.74) is 2.45. The second kappa shape index (κ2) is 6.86. The molecule has 0 spiro atoms. The lowest BCUT2D eigenvalue weighted by molar-refractivity contribution is 0.412. The van der Waals surface area contributed by atoms with Gasteiger partial charge in [-0.1, -0.05) is 22.9 Å². The minimum absolute atomic E-state index is 0.196. The molecule has 3 nitrogen and oxygen atoms in total. The van der Waals surface area contributed by atoms with Gasteiger partial charge in [0.1, 0.15) is 5.75 Å². The van der Waals surface area contributed by atoms with Crippen LogP contribution in [0.15, 0.2) is 47.2 Å². The first kappa shape index (κ1) is 15.0. The summed E-state index contributed by atoms with van der Waals surface area (Å²) in [5, 5.41) is 3.40. The molecule has 0 aliphatic heterocycles. The highest BCUT2D eigenvalue weighted by Crippen LogP contribution is 2.35. The number of halogens is 1. The Morgan fingerprint density at radius 3 is 2.50 bits per heavy atom. The van der Waals surface area contributed by atoms with E-state index in [4.69, 9.17) is 4.74 Å². The van der Waals surface area contributed by atoms with Crippen LogP contribution in [0.25, 0.3) is 0 Å². The summed E-state index contributed by atoms with van der Waals surface area (Å²) >= 11 is 3.63. The first-order chi connectivity index (χ1) is 9.67. The summed E-state index contributed by atoms with van der Waals surface area (Å²) in [6, 6.07) is 10.4. The normalized spacial score (nSPS) is 13.8. The average molecular weight is 335 g/mol. The van der Waals surface area contributed by atoms with Gasteiger partial charge >= 0.3 is 0 Å². The van der Waals surface area contributed by atoms with Crippen molar-refractivity contribution in [1.29, 1.82) is 0 Å². The van der Waals surface area contributed by atoms with E-state index in [1.165, 1.54) is 11.1 Å². The highest BCUT2D eigenvalue weighted by Gasteiger charge is 2.21. The Morgan fingerprint density at radius 2 is 1.90 bits per heavy atom. The van der Waals surface area contributed by atoms with E-state index in [0.717, 1.165) is 10.2 Å². The number of nitrogens with zero attached hydrogens (tertiary/aromatic N) is 1. The topological polar surface area (TPSA) is 34.1 Å². The monoisotopic (exact) mass is 334 g/mol. The molecule has 2 rings (SSSR count). The van der Waals surface area contributed by atoms with Crippen LogP contribution in [-0.2, 0) is 0 Å². The van der Waals surface area contributed by atoms with E-state index in [2.05, 4.69) is 51.4 Å². The third-order valence-corrected chi connectivity index (χ3v) is 4.30. The fourth-order valence-electron chi connectivity index (χ4n) is 2.42. The SMILES string of the molecule is CNC(c1cc(OC)ccc1Br)C(C)c1ccncc1. The molecular formula is C16H19BrN2O. The van der Waals surface area contributed by atoms with E-state index < -0.39 is 0 Å². The summed E-state index contributed by atoms with van der Waals surface area (Å²) < 4.78 is 6.41. The van der Waals surface area contributed by atoms with E-state index in [1.807, 2.05) is 31.6 Å². The highest BCUT2D eigenvalue weighted by molar-refractivity contribution is 9.10. The molecule has 1 aromatic carbocycles. The van der Waals surface area contributed by atoms with Crippen LogP contribution in [0.1, 0.15) is 30.0 Å². The van der Waals surface area contributed by atoms with Gasteiger partial charge in [0.25, 0.3) is 0 Å². The van der Waals surface area contributed by atoms with Crippen LogP contribution in [0, 0.1) is 0 Å². The quantitative estimate of drug-likeness (QED) is 0.899. The van der Waals surface area contributed by atoms with Crippen molar-refractivity contribution in [2.75, 3.05) is 14.2 Å². The second-order valence-electron chi connectivity index (χ2n) is 4.72. The Balaban J connectivity index is 2.37. The molecule has 0 bridgehead atoms. The van der Waals surface area contributed by atoms with Crippen LogP contribution < -0.4 is 10.1 Å². The Bertz CT molecular complexity index is 560. The van der Waals surface area contributed by atoms with Crippen molar-refractivity contribution in [3.63, 3.8) is 0 Å². The van der Waals surface area contributed by atoms with Crippen LogP contribution >= 0.6 is 15.9 Å². The molecule has 2 aromatic rings. The smallest absolute Gasteiger partial charge is 0.119 e. The molecule has 2 atom stereocenters. The van der Waals surface area contributed by atoms with E-state index >= 15 is 0 Å². The Kier molecular flexibility index (Phi) is 5.15. The average Bonchev–Trinajstić information content (AvgIpc) is 2.50. The van der Waals surface area contributed by atoms with Gasteiger partial charge in [0.15, 0.2) is 0 Å². The fraction of sp³-hybridized carbons (Fsp3) is 0.312. The van der Waals surface area contributed by atoms with Gasteiger partial charge in [-0.15, -0.1) is 0 Å². The van der Waals surface area contributed by atoms with E-state index in [-0.39, 0.29) is 6.04 Å². The molecule has 20 heavy (non-hydrogen) atoms. The standard InChI is InChI=1S/C16H19BrN2O/c1-11(12-6-8-19-9-7-12)16(18-2)14-10-13(20-3)4-5-15(14)17/h4-11,16,18H,1-3H3. The zero-order valence-corrected chi connectivity index (χ0v) is 13.5. The minimum atomic E-state index is 0.196. The van der Waals surface area contributed by atoms with E-state index in [0.29, 0.717) is 5.92 Å². The van der Waals surface area contributed by atoms with Gasteiger partial charge in [0.2, 0.25) is 0 Å². The third-order valence-electron chi connectivity index (χ3n) is 3.58. The molecule has 0 fully saturated rings. The van der Waals surface area contributed by atoms with Crippen LogP contribution in [0.2, 0.25) is 0 Å². The molecule has 0 aliphatic carbocycles. The molecule has 0 amide bonds. The lowest BCUT2D eigenvalue weighted by atomic mass is 9.89. The van der Waals surface area contributed by atoms with E-state index in [1.54, 1.807) is 7.11 Å². The summed E-state index contributed by atoms with van der Waals surface area (Å²) in [5.74, 6) is 1.19. The molecule has 0 radical (unpaired) electrons. The van der Waals surface area contributed by atoms with Gasteiger partial charge in [-0.3, -0.25) is 4.98 Å². The first-order valence-electron chi connectivity index (χ1n) is 6.58. The zero-order chi connectivity index (χ0) is 14.5. The van der Waals surface area contributed by atoms with Crippen LogP contribution in [-0.4, -0.2) is 19.1 Å². The number of aromatic nitrogens is 1. The summed E-state index contributed by atoms with van der Waals surface area (Å²) in [4.78, 5) is 4.08. The molecule has 2 unspecified atom stereocenters. The predicted molar refractivity (Wildman–Crippen MR) is 85.1 cm³/mol. The number of likely N-dealkylation sites (N-methyl/N-ethyl adjacent to an activating group) is 1. The lowest BCUT2D eigenvalue weighted by Gasteiger charge is -2.25. The number of rotatable bonds is 5. The third kappa shape index (κ3) is 3.19. The maximum Gasteiger partial charge on any atom is 0.119 e. The van der Waals surface area contributed by atoms with Crippen molar-refractivity contribution >= 4 is 15.9 Å². The number of methoxy groups -OCH3 is 1. The number of nitrogens with one attached hydrogen (secondary N) is 1. The predicted octanol–water partition coefficient (Wildman–Crippen LogP) is 3.92. The van der Waals surface area contributed by atoms with Gasteiger partial charge in [-0.05, 0) is 48.5 Å². The molecule has 1 heterocycles. The van der Waals surface area contributed by atoms with Crippen molar-refractivity contribution < 1.29 is 4.74 Å². The zero-order valence-electron chi connectivity index (χ0n) is 11.9. The van der Waals surface area contributed by atoms with Crippen LogP contribution in [0.3, 0.4) is 0 Å².